The van der Waals surface area contributed by atoms with Gasteiger partial charge in [0.15, 0.2) is 44.0 Å². The second-order valence-corrected chi connectivity index (χ2v) is 32.2. The van der Waals surface area contributed by atoms with Crippen molar-refractivity contribution in [3.05, 3.63) is 0 Å². The summed E-state index contributed by atoms with van der Waals surface area (Å²) in [5.41, 5.74) is 0. The average molecular weight is 1890 g/mol. The third-order valence-electron chi connectivity index (χ3n) is 22.9. The largest absolute Gasteiger partial charge is 0.477 e. The number of carboxylic acids is 2. The Kier molecular flexibility index (Phi) is 37.8. The lowest BCUT2D eigenvalue weighted by atomic mass is 9.87. The van der Waals surface area contributed by atoms with E-state index < -0.39 is 401 Å². The van der Waals surface area contributed by atoms with Crippen LogP contribution in [-0.4, -0.2) is 520 Å². The summed E-state index contributed by atoms with van der Waals surface area (Å²) in [6, 6.07) is -7.79. The number of nitrogens with one attached hydrogen (secondary N) is 4. The van der Waals surface area contributed by atoms with Crippen LogP contribution < -0.4 is 21.3 Å². The van der Waals surface area contributed by atoms with Gasteiger partial charge in [0.2, 0.25) is 23.6 Å². The monoisotopic (exact) mass is 1880 g/mol. The summed E-state index contributed by atoms with van der Waals surface area (Å²) >= 11 is 0. The fourth-order valence-electron chi connectivity index (χ4n) is 16.4. The molecule has 0 aromatic carbocycles. The molecule has 1 unspecified atom stereocenters. The van der Waals surface area contributed by atoms with Crippen molar-refractivity contribution in [3.8, 4) is 0 Å². The average Bonchev–Trinajstić information content (AvgIpc) is 0.753. The van der Waals surface area contributed by atoms with Crippen molar-refractivity contribution in [1.29, 1.82) is 0 Å². The first-order valence-electron chi connectivity index (χ1n) is 40.5. The molecule has 0 bridgehead atoms. The minimum Gasteiger partial charge on any atom is -0.477 e. The maximum Gasteiger partial charge on any atom is 0.364 e. The Morgan fingerprint density at radius 3 is 1.12 bits per heavy atom. The zero-order chi connectivity index (χ0) is 95.9. The van der Waals surface area contributed by atoms with Gasteiger partial charge in [0.25, 0.3) is 11.6 Å². The molecule has 0 aromatic heterocycles. The van der Waals surface area contributed by atoms with Crippen LogP contribution in [0.15, 0.2) is 0 Å². The molecule has 47 atom stereocenters. The minimum atomic E-state index is -3.42. The van der Waals surface area contributed by atoms with E-state index in [0.29, 0.717) is 0 Å². The van der Waals surface area contributed by atoms with Crippen molar-refractivity contribution in [1.82, 2.24) is 21.3 Å². The van der Waals surface area contributed by atoms with Crippen LogP contribution in [-0.2, 0) is 128 Å². The third kappa shape index (κ3) is 24.0. The van der Waals surface area contributed by atoms with E-state index in [1.807, 2.05) is 0 Å². The maximum atomic E-state index is 13.8. The number of ether oxygens (including phenoxy) is 19. The minimum absolute atomic E-state index is 0.834. The Bertz CT molecular complexity index is 3690. The van der Waals surface area contributed by atoms with Crippen LogP contribution in [0.2, 0.25) is 0 Å². The van der Waals surface area contributed by atoms with Crippen LogP contribution >= 0.6 is 0 Å². The predicted molar refractivity (Wildman–Crippen MR) is 396 cm³/mol. The summed E-state index contributed by atoms with van der Waals surface area (Å²) < 4.78 is 112. The van der Waals surface area contributed by atoms with E-state index in [0.717, 1.165) is 41.5 Å². The van der Waals surface area contributed by atoms with E-state index in [9.17, 15) is 171 Å². The van der Waals surface area contributed by atoms with Crippen molar-refractivity contribution in [2.24, 2.45) is 0 Å². The Morgan fingerprint density at radius 2 is 0.698 bits per heavy atom. The Hall–Kier alpha value is -5.88. The first-order valence-corrected chi connectivity index (χ1v) is 40.5. The number of aliphatic hydroxyl groups excluding tert-OH is 24. The van der Waals surface area contributed by atoms with Crippen LogP contribution in [0.4, 0.5) is 0 Å². The van der Waals surface area contributed by atoms with Gasteiger partial charge < -0.3 is 244 Å². The second kappa shape index (κ2) is 45.6. The molecule has 9 aliphatic heterocycles. The molecule has 742 valence electrons. The van der Waals surface area contributed by atoms with Gasteiger partial charge in [-0.25, -0.2) is 9.59 Å². The number of hydrogen-bond acceptors (Lipinski definition) is 51. The number of hydrogen-bond donors (Lipinski definition) is 30. The molecule has 0 radical (unpaired) electrons. The van der Waals surface area contributed by atoms with Crippen molar-refractivity contribution < 1.29 is 261 Å². The zero-order valence-electron chi connectivity index (χ0n) is 69.7. The molecule has 0 spiro atoms. The molecular formula is C72H116N4O53. The Balaban J connectivity index is 1.05. The fourth-order valence-corrected chi connectivity index (χ4v) is 16.4. The molecule has 57 nitrogen and oxygen atoms in total. The lowest BCUT2D eigenvalue weighted by Crippen LogP contribution is -2.72. The fraction of sp³-hybridized carbons (Fsp3) is 0.889. The molecule has 57 heteroatoms. The smallest absolute Gasteiger partial charge is 0.364 e. The molecule has 0 saturated carbocycles. The van der Waals surface area contributed by atoms with Crippen LogP contribution in [0.5, 0.6) is 0 Å². The van der Waals surface area contributed by atoms with Crippen molar-refractivity contribution in [2.45, 2.75) is 349 Å². The number of carbonyl (C=O) groups is 8. The van der Waals surface area contributed by atoms with Crippen molar-refractivity contribution >= 4 is 47.5 Å². The van der Waals surface area contributed by atoms with E-state index >= 15 is 0 Å². The SMILES string of the molecule is CC(=O)N[C@H]1[C@H](OC[C@H]2O[C@@H](O[C@H]3[C@H](O)[C@@H](O)C(O)O[C@@H]3CO)[C@H](O)[C@@H](O[C@@H]3O[C@H](CO)[C@@H](O[C@@H]4O[C@H](CO)[C@H](O)[C@H](O[C@]5(C(=O)O)C[C@H](OC(C)=O)[C@@H](NC(C)=O)[C@H]([C@H](O)[C@H](O)CO)O5)[C@H]4O)[C@H](O[C@@H]4O[C@@H](C)[C@@H](O)[C@@H](O)[C@@H]4O)[C@H]3NC(C)=O)[C@H]2O)O[C@H](CO)[C@@H](O[C@H]2O[C@H](CO)[C@H](O)[C@H](O[C@]3(C(=O)O)C[C@H](OC(C)=O)[C@@H](NC(C)=O)[C@H]([C@H](O)[C@H](O)CO)O3)[C@H]2O)[C@@H]1O. The lowest BCUT2D eigenvalue weighted by molar-refractivity contribution is -0.400. The van der Waals surface area contributed by atoms with Gasteiger partial charge in [0.1, 0.15) is 214 Å². The number of rotatable bonds is 36. The molecular weight excluding hydrogens is 1770 g/mol. The summed E-state index contributed by atoms with van der Waals surface area (Å²) in [5.74, 6) is -17.4. The highest BCUT2D eigenvalue weighted by atomic mass is 16.8. The highest BCUT2D eigenvalue weighted by Gasteiger charge is 2.66. The van der Waals surface area contributed by atoms with Gasteiger partial charge in [-0.05, 0) is 6.92 Å². The maximum absolute atomic E-state index is 13.8. The lowest BCUT2D eigenvalue weighted by Gasteiger charge is -2.52. The van der Waals surface area contributed by atoms with Crippen LogP contribution in [0.25, 0.3) is 0 Å². The zero-order valence-corrected chi connectivity index (χ0v) is 69.7. The molecule has 0 aromatic rings. The van der Waals surface area contributed by atoms with E-state index in [-0.39, 0.29) is 0 Å². The first-order chi connectivity index (χ1) is 60.6. The van der Waals surface area contributed by atoms with E-state index in [1.165, 1.54) is 6.92 Å². The normalized spacial score (nSPS) is 44.9. The number of carbonyl (C=O) groups excluding carboxylic acids is 6. The number of carboxylic acid groups (broad SMARTS) is 2. The van der Waals surface area contributed by atoms with Gasteiger partial charge in [-0.2, -0.15) is 0 Å². The molecule has 0 aliphatic carbocycles. The quantitative estimate of drug-likeness (QED) is 0.0259. The molecule has 9 heterocycles. The predicted octanol–water partition coefficient (Wildman–Crippen LogP) is -19.5. The molecule has 9 rings (SSSR count). The van der Waals surface area contributed by atoms with Gasteiger partial charge in [-0.1, -0.05) is 0 Å². The molecule has 9 aliphatic rings. The number of aliphatic carboxylic acids is 2. The van der Waals surface area contributed by atoms with Gasteiger partial charge >= 0.3 is 23.9 Å². The number of esters is 2. The first kappa shape index (κ1) is 107. The third-order valence-corrected chi connectivity index (χ3v) is 22.9. The second-order valence-electron chi connectivity index (χ2n) is 32.2. The van der Waals surface area contributed by atoms with E-state index in [2.05, 4.69) is 21.3 Å². The van der Waals surface area contributed by atoms with Crippen LogP contribution in [0.3, 0.4) is 0 Å². The topological polar surface area (TPSA) is 886 Å². The highest BCUT2D eigenvalue weighted by molar-refractivity contribution is 5.78. The summed E-state index contributed by atoms with van der Waals surface area (Å²) in [5, 5.41) is 301. The molecule has 129 heavy (non-hydrogen) atoms. The molecule has 9 fully saturated rings. The standard InChI is InChI=1S/C72H116N4O53/c1-18-39(92)46(99)49(102)65(112-18)124-58-38(76-22(5)87)64(119-33(16-83)55(58)123-68-52(105)61(43(96)30(13-80)117-68)129-72(70(109)110)9-28(114-24(7)89)36(74-20(3)85)57(127-72)41(94)26(91)11-78)125-59-44(97)34(120-66(50(59)103)122-54-31(14-81)115-62(106)48(101)47(54)100)17-111-63-37(75-21(4)86)45(98)53(32(15-82)118-63)121-67-51(104)60(42(95)29(12-79)116-67)128-71(69(107)108)8-27(113-23(6)88)35(73-19(2)84)56(126-71)40(93)25(90)10-77/h18,25-68,77-83,90-106H,8-17H2,1-7H3,(H,73,84)(H,74,85)(H,75,86)(H,76,87)(H,107,108)(H,109,110)/t18-,25+,26+,27-,28-,29+,30+,31+,32+,33+,34+,35+,36+,37+,38+,39+,40+,41+,42-,43-,44-,45+,46+,47+,48+,49-,50+,51+,52+,53+,54+,55+,56+,57+,58+,59-,60-,61-,62?,63+,64-,65-,66-,67+,68-,71-,72-/m0/s1. The highest BCUT2D eigenvalue weighted by Crippen LogP contribution is 2.45. The number of aliphatic hydroxyl groups is 24. The summed E-state index contributed by atoms with van der Waals surface area (Å²) in [6.07, 6.45) is -95.0. The number of amides is 4. The Morgan fingerprint density at radius 1 is 0.349 bits per heavy atom. The Labute approximate surface area is 729 Å². The van der Waals surface area contributed by atoms with Crippen molar-refractivity contribution in [3.63, 3.8) is 0 Å². The van der Waals surface area contributed by atoms with E-state index in [1.54, 1.807) is 0 Å². The molecule has 9 saturated heterocycles. The van der Waals surface area contributed by atoms with Crippen molar-refractivity contribution in [2.75, 3.05) is 52.9 Å². The molecule has 30 N–H and O–H groups in total. The van der Waals surface area contributed by atoms with E-state index in [4.69, 9.17) is 90.0 Å². The summed E-state index contributed by atoms with van der Waals surface area (Å²) in [4.78, 5) is 104. The van der Waals surface area contributed by atoms with Gasteiger partial charge in [-0.3, -0.25) is 28.8 Å². The molecule has 4 amide bonds. The van der Waals surface area contributed by atoms with Gasteiger partial charge in [-0.15, -0.1) is 0 Å². The van der Waals surface area contributed by atoms with Gasteiger partial charge in [0.05, 0.1) is 83.9 Å². The van der Waals surface area contributed by atoms with Crippen LogP contribution in [0.1, 0.15) is 61.3 Å². The summed E-state index contributed by atoms with van der Waals surface area (Å²) in [7, 11) is 0. The summed E-state index contributed by atoms with van der Waals surface area (Å²) in [6.45, 7) is -3.64. The van der Waals surface area contributed by atoms with Crippen LogP contribution in [0, 0.1) is 0 Å². The van der Waals surface area contributed by atoms with Gasteiger partial charge in [0, 0.05) is 41.5 Å².